The third-order valence-electron chi connectivity index (χ3n) is 5.03. The summed E-state index contributed by atoms with van der Waals surface area (Å²) in [6, 6.07) is 3.49. The predicted molar refractivity (Wildman–Crippen MR) is 102 cm³/mol. The van der Waals surface area contributed by atoms with Gasteiger partial charge < -0.3 is 10.6 Å². The van der Waals surface area contributed by atoms with Crippen LogP contribution in [0.1, 0.15) is 13.8 Å². The fraction of sp³-hybridized carbons (Fsp3) is 0.471. The second kappa shape index (κ2) is 7.69. The SMILES string of the molecule is C[C@@H]1CN(S(=O)(=O)c2cc(NC(=O)CN3C(=O)CNC3=O)ccc2Cl)C[C@H]1C. The Morgan fingerprint density at radius 3 is 2.46 bits per heavy atom. The molecule has 0 spiro atoms. The number of anilines is 1. The molecule has 2 heterocycles. The van der Waals surface area contributed by atoms with Gasteiger partial charge in [-0.1, -0.05) is 25.4 Å². The monoisotopic (exact) mass is 428 g/mol. The lowest BCUT2D eigenvalue weighted by Crippen LogP contribution is -2.38. The van der Waals surface area contributed by atoms with Crippen molar-refractivity contribution in [3.8, 4) is 0 Å². The summed E-state index contributed by atoms with van der Waals surface area (Å²) in [4.78, 5) is 35.9. The van der Waals surface area contributed by atoms with E-state index < -0.39 is 34.4 Å². The Hall–Kier alpha value is -2.17. The van der Waals surface area contributed by atoms with Crippen LogP contribution in [0.4, 0.5) is 10.5 Å². The summed E-state index contributed by atoms with van der Waals surface area (Å²) in [6.45, 7) is 4.19. The Morgan fingerprint density at radius 2 is 1.89 bits per heavy atom. The molecule has 3 rings (SSSR count). The number of benzene rings is 1. The lowest BCUT2D eigenvalue weighted by Gasteiger charge is -2.18. The van der Waals surface area contributed by atoms with Gasteiger partial charge in [0, 0.05) is 18.8 Å². The molecule has 2 atom stereocenters. The molecule has 4 amide bonds. The van der Waals surface area contributed by atoms with Crippen molar-refractivity contribution in [1.29, 1.82) is 0 Å². The van der Waals surface area contributed by atoms with Gasteiger partial charge in [0.05, 0.1) is 11.6 Å². The molecule has 2 aliphatic rings. The normalized spacial score (nSPS) is 23.2. The number of hydrogen-bond acceptors (Lipinski definition) is 5. The van der Waals surface area contributed by atoms with Crippen LogP contribution in [0.15, 0.2) is 23.1 Å². The zero-order valence-corrected chi connectivity index (χ0v) is 17.0. The van der Waals surface area contributed by atoms with Crippen LogP contribution in [0.5, 0.6) is 0 Å². The van der Waals surface area contributed by atoms with E-state index in [9.17, 15) is 22.8 Å². The average Bonchev–Trinajstić information content (AvgIpc) is 3.13. The van der Waals surface area contributed by atoms with Gasteiger partial charge >= 0.3 is 6.03 Å². The van der Waals surface area contributed by atoms with E-state index >= 15 is 0 Å². The summed E-state index contributed by atoms with van der Waals surface area (Å²) in [5, 5.41) is 4.88. The number of carbonyl (C=O) groups is 3. The van der Waals surface area contributed by atoms with Crippen LogP contribution in [0.3, 0.4) is 0 Å². The molecule has 1 aromatic rings. The fourth-order valence-corrected chi connectivity index (χ4v) is 5.29. The molecular formula is C17H21ClN4O5S. The molecule has 0 aromatic heterocycles. The molecule has 1 aromatic carbocycles. The maximum Gasteiger partial charge on any atom is 0.325 e. The lowest BCUT2D eigenvalue weighted by molar-refractivity contribution is -0.128. The predicted octanol–water partition coefficient (Wildman–Crippen LogP) is 1.11. The highest BCUT2D eigenvalue weighted by Crippen LogP contribution is 2.32. The van der Waals surface area contributed by atoms with Gasteiger partial charge in [0.1, 0.15) is 11.4 Å². The zero-order valence-electron chi connectivity index (χ0n) is 15.4. The minimum atomic E-state index is -3.81. The van der Waals surface area contributed by atoms with Gasteiger partial charge in [-0.25, -0.2) is 13.2 Å². The maximum absolute atomic E-state index is 13.0. The highest BCUT2D eigenvalue weighted by atomic mass is 35.5. The standard InChI is InChI=1S/C17H21ClN4O5S/c1-10-7-21(8-11(10)2)28(26,27)14-5-12(3-4-13(14)18)20-15(23)9-22-16(24)6-19-17(22)25/h3-5,10-11H,6-9H2,1-2H3,(H,19,25)(H,20,23)/t10-,11-/m1/s1. The van der Waals surface area contributed by atoms with E-state index in [1.54, 1.807) is 0 Å². The van der Waals surface area contributed by atoms with Gasteiger partial charge in [-0.05, 0) is 30.0 Å². The van der Waals surface area contributed by atoms with E-state index in [1.165, 1.54) is 22.5 Å². The highest BCUT2D eigenvalue weighted by Gasteiger charge is 2.36. The number of urea groups is 1. The lowest BCUT2D eigenvalue weighted by atomic mass is 10.0. The Morgan fingerprint density at radius 1 is 1.25 bits per heavy atom. The van der Waals surface area contributed by atoms with E-state index in [0.29, 0.717) is 13.1 Å². The van der Waals surface area contributed by atoms with Crippen LogP contribution in [-0.4, -0.2) is 61.6 Å². The molecule has 0 radical (unpaired) electrons. The number of nitrogens with one attached hydrogen (secondary N) is 2. The third-order valence-corrected chi connectivity index (χ3v) is 7.34. The first-order valence-corrected chi connectivity index (χ1v) is 10.6. The molecule has 28 heavy (non-hydrogen) atoms. The third kappa shape index (κ3) is 3.98. The van der Waals surface area contributed by atoms with Gasteiger partial charge in [0.15, 0.2) is 0 Å². The second-order valence-electron chi connectivity index (χ2n) is 7.11. The summed E-state index contributed by atoms with van der Waals surface area (Å²) in [5.74, 6) is -0.655. The molecule has 0 saturated carbocycles. The van der Waals surface area contributed by atoms with Crippen molar-refractivity contribution in [3.63, 3.8) is 0 Å². The first kappa shape index (κ1) is 20.6. The number of imide groups is 1. The first-order valence-electron chi connectivity index (χ1n) is 8.77. The number of carbonyl (C=O) groups excluding carboxylic acids is 3. The van der Waals surface area contributed by atoms with E-state index in [0.717, 1.165) is 4.90 Å². The quantitative estimate of drug-likeness (QED) is 0.681. The molecule has 0 bridgehead atoms. The molecule has 152 valence electrons. The Kier molecular flexibility index (Phi) is 5.64. The van der Waals surface area contributed by atoms with Gasteiger partial charge in [-0.3, -0.25) is 14.5 Å². The largest absolute Gasteiger partial charge is 0.329 e. The summed E-state index contributed by atoms with van der Waals surface area (Å²) in [6.07, 6.45) is 0. The zero-order chi connectivity index (χ0) is 20.6. The van der Waals surface area contributed by atoms with E-state index in [1.807, 2.05) is 13.8 Å². The Balaban J connectivity index is 1.77. The number of halogens is 1. The highest BCUT2D eigenvalue weighted by molar-refractivity contribution is 7.89. The molecule has 9 nitrogen and oxygen atoms in total. The van der Waals surface area contributed by atoms with Crippen molar-refractivity contribution >= 4 is 45.2 Å². The number of nitrogens with zero attached hydrogens (tertiary/aromatic N) is 2. The number of amides is 4. The van der Waals surface area contributed by atoms with E-state index in [4.69, 9.17) is 11.6 Å². The minimum absolute atomic E-state index is 0.0549. The van der Waals surface area contributed by atoms with Crippen molar-refractivity contribution in [2.75, 3.05) is 31.5 Å². The molecule has 2 N–H and O–H groups in total. The van der Waals surface area contributed by atoms with Gasteiger partial charge in [-0.15, -0.1) is 0 Å². The topological polar surface area (TPSA) is 116 Å². The molecule has 2 aliphatic heterocycles. The summed E-state index contributed by atoms with van der Waals surface area (Å²) >= 11 is 6.12. The van der Waals surface area contributed by atoms with Crippen LogP contribution in [0.2, 0.25) is 5.02 Å². The van der Waals surface area contributed by atoms with E-state index in [2.05, 4.69) is 10.6 Å². The van der Waals surface area contributed by atoms with Gasteiger partial charge in [-0.2, -0.15) is 4.31 Å². The van der Waals surface area contributed by atoms with Crippen molar-refractivity contribution in [1.82, 2.24) is 14.5 Å². The van der Waals surface area contributed by atoms with Crippen LogP contribution < -0.4 is 10.6 Å². The summed E-state index contributed by atoms with van der Waals surface area (Å²) in [5.41, 5.74) is 0.209. The fourth-order valence-electron chi connectivity index (χ4n) is 3.15. The first-order chi connectivity index (χ1) is 13.1. The smallest absolute Gasteiger partial charge is 0.325 e. The van der Waals surface area contributed by atoms with E-state index in [-0.39, 0.29) is 34.0 Å². The Bertz CT molecular complexity index is 909. The van der Waals surface area contributed by atoms with Crippen molar-refractivity contribution in [3.05, 3.63) is 23.2 Å². The second-order valence-corrected chi connectivity index (χ2v) is 9.42. The number of sulfonamides is 1. The van der Waals surface area contributed by atoms with Crippen LogP contribution >= 0.6 is 11.6 Å². The van der Waals surface area contributed by atoms with Gasteiger partial charge in [0.25, 0.3) is 5.91 Å². The van der Waals surface area contributed by atoms with Crippen LogP contribution in [-0.2, 0) is 19.6 Å². The molecular weight excluding hydrogens is 408 g/mol. The molecule has 11 heteroatoms. The average molecular weight is 429 g/mol. The number of rotatable bonds is 5. The van der Waals surface area contributed by atoms with Crippen molar-refractivity contribution in [2.45, 2.75) is 18.7 Å². The molecule has 0 unspecified atom stereocenters. The minimum Gasteiger partial charge on any atom is -0.329 e. The van der Waals surface area contributed by atoms with Crippen LogP contribution in [0.25, 0.3) is 0 Å². The summed E-state index contributed by atoms with van der Waals surface area (Å²) in [7, 11) is -3.81. The molecule has 2 saturated heterocycles. The maximum atomic E-state index is 13.0. The van der Waals surface area contributed by atoms with Gasteiger partial charge in [0.2, 0.25) is 15.9 Å². The molecule has 2 fully saturated rings. The van der Waals surface area contributed by atoms with Crippen LogP contribution in [0, 0.1) is 11.8 Å². The molecule has 0 aliphatic carbocycles. The van der Waals surface area contributed by atoms with Crippen molar-refractivity contribution < 1.29 is 22.8 Å². The number of hydrogen-bond donors (Lipinski definition) is 2. The Labute approximate surface area is 168 Å². The summed E-state index contributed by atoms with van der Waals surface area (Å²) < 4.78 is 27.3. The van der Waals surface area contributed by atoms with Crippen molar-refractivity contribution in [2.24, 2.45) is 11.8 Å².